The Morgan fingerprint density at radius 3 is 2.53 bits per heavy atom. The summed E-state index contributed by atoms with van der Waals surface area (Å²) < 4.78 is 7.57. The highest BCUT2D eigenvalue weighted by Crippen LogP contribution is 2.44. The molecule has 0 radical (unpaired) electrons. The van der Waals surface area contributed by atoms with E-state index in [1.54, 1.807) is 7.11 Å². The van der Waals surface area contributed by atoms with E-state index < -0.39 is 5.41 Å². The number of carbonyl (C=O) groups is 2. The van der Waals surface area contributed by atoms with Crippen LogP contribution in [-0.4, -0.2) is 54.2 Å². The average Bonchev–Trinajstić information content (AvgIpc) is 3.44. The van der Waals surface area contributed by atoms with Crippen molar-refractivity contribution in [2.75, 3.05) is 31.6 Å². The quantitative estimate of drug-likeness (QED) is 0.537. The number of ether oxygens (including phenoxy) is 1. The molecular formula is C28H31N5O3. The van der Waals surface area contributed by atoms with E-state index in [0.29, 0.717) is 54.9 Å². The van der Waals surface area contributed by atoms with Crippen LogP contribution in [0.4, 0.5) is 5.69 Å². The summed E-state index contributed by atoms with van der Waals surface area (Å²) in [7, 11) is 3.56. The molecule has 186 valence electrons. The number of aryl methyl sites for hydroxylation is 1. The molecule has 2 saturated heterocycles. The van der Waals surface area contributed by atoms with Gasteiger partial charge in [-0.3, -0.25) is 9.59 Å². The first-order chi connectivity index (χ1) is 17.4. The highest BCUT2D eigenvalue weighted by Gasteiger charge is 2.49. The van der Waals surface area contributed by atoms with Crippen LogP contribution in [0.15, 0.2) is 54.9 Å². The molecule has 8 nitrogen and oxygen atoms in total. The maximum atomic E-state index is 13.6. The Hall–Kier alpha value is -4.07. The molecule has 3 aromatic rings. The van der Waals surface area contributed by atoms with Crippen molar-refractivity contribution >= 4 is 40.2 Å². The summed E-state index contributed by atoms with van der Waals surface area (Å²) in [6.07, 6.45) is 6.62. The largest absolute Gasteiger partial charge is 0.496 e. The molecule has 0 unspecified atom stereocenters. The molecule has 5 rings (SSSR count). The zero-order valence-corrected chi connectivity index (χ0v) is 20.7. The van der Waals surface area contributed by atoms with E-state index in [-0.39, 0.29) is 11.8 Å². The first kappa shape index (κ1) is 23.7. The highest BCUT2D eigenvalue weighted by atomic mass is 16.5. The second-order valence-electron chi connectivity index (χ2n) is 9.63. The van der Waals surface area contributed by atoms with Gasteiger partial charge < -0.3 is 30.2 Å². The molecular weight excluding hydrogens is 454 g/mol. The molecule has 3 N–H and O–H groups in total. The van der Waals surface area contributed by atoms with Crippen LogP contribution < -0.4 is 15.4 Å². The van der Waals surface area contributed by atoms with Gasteiger partial charge in [-0.1, -0.05) is 0 Å². The molecule has 2 aliphatic rings. The van der Waals surface area contributed by atoms with Gasteiger partial charge in [-0.25, -0.2) is 0 Å². The van der Waals surface area contributed by atoms with Gasteiger partial charge in [0.1, 0.15) is 5.75 Å². The van der Waals surface area contributed by atoms with Crippen molar-refractivity contribution in [2.24, 2.45) is 18.2 Å². The lowest BCUT2D eigenvalue weighted by Gasteiger charge is -2.38. The van der Waals surface area contributed by atoms with Crippen molar-refractivity contribution in [1.29, 1.82) is 5.41 Å². The van der Waals surface area contributed by atoms with Gasteiger partial charge in [0, 0.05) is 84.7 Å². The number of likely N-dealkylation sites (tertiary alicyclic amines) is 1. The first-order valence-electron chi connectivity index (χ1n) is 12.2. The van der Waals surface area contributed by atoms with Crippen molar-refractivity contribution in [3.8, 4) is 5.75 Å². The van der Waals surface area contributed by atoms with Gasteiger partial charge in [0.25, 0.3) is 5.91 Å². The number of fused-ring (bicyclic) bond motifs is 1. The summed E-state index contributed by atoms with van der Waals surface area (Å²) in [4.78, 5) is 30.5. The van der Waals surface area contributed by atoms with Crippen molar-refractivity contribution in [3.63, 3.8) is 0 Å². The maximum Gasteiger partial charge on any atom is 0.253 e. The second-order valence-corrected chi connectivity index (χ2v) is 9.63. The van der Waals surface area contributed by atoms with Gasteiger partial charge in [0.15, 0.2) is 0 Å². The molecule has 3 heterocycles. The fourth-order valence-corrected chi connectivity index (χ4v) is 5.57. The standard InChI is InChI=1S/C28H31N5O3/c1-31-11-7-19-15-20(3-6-24(19)31)26(34)32-12-8-28(9-13-32)10-14-33(27(28)35)22-4-5-23(21(17-29)18-30)25(16-22)36-2/h3-7,11,15-18,29H,8-10,12-14,30H2,1-2H3/b21-18+,29-17?. The number of hydrogen-bond acceptors (Lipinski definition) is 5. The molecule has 0 atom stereocenters. The highest BCUT2D eigenvalue weighted by molar-refractivity contribution is 6.09. The lowest BCUT2D eigenvalue weighted by atomic mass is 9.77. The molecule has 2 aromatic carbocycles. The van der Waals surface area contributed by atoms with Crippen LogP contribution in [-0.2, 0) is 11.8 Å². The minimum absolute atomic E-state index is 0.0215. The van der Waals surface area contributed by atoms with E-state index in [4.69, 9.17) is 15.9 Å². The number of rotatable bonds is 5. The molecule has 0 saturated carbocycles. The molecule has 36 heavy (non-hydrogen) atoms. The molecule has 1 aromatic heterocycles. The van der Waals surface area contributed by atoms with Crippen LogP contribution >= 0.6 is 0 Å². The second kappa shape index (κ2) is 9.18. The molecule has 2 fully saturated rings. The number of nitrogens with one attached hydrogen (secondary N) is 1. The van der Waals surface area contributed by atoms with E-state index >= 15 is 0 Å². The number of nitrogens with two attached hydrogens (primary N) is 1. The Kier molecular flexibility index (Phi) is 6.04. The summed E-state index contributed by atoms with van der Waals surface area (Å²) in [5.41, 5.74) is 9.02. The van der Waals surface area contributed by atoms with Crippen LogP contribution in [0.3, 0.4) is 0 Å². The van der Waals surface area contributed by atoms with Crippen LogP contribution in [0, 0.1) is 10.8 Å². The molecule has 0 aliphatic carbocycles. The topological polar surface area (TPSA) is 105 Å². The normalized spacial score (nSPS) is 17.7. The van der Waals surface area contributed by atoms with E-state index in [1.165, 1.54) is 12.4 Å². The van der Waals surface area contributed by atoms with Gasteiger partial charge in [0.05, 0.1) is 12.5 Å². The lowest BCUT2D eigenvalue weighted by Crippen LogP contribution is -2.46. The zero-order chi connectivity index (χ0) is 25.4. The predicted octanol–water partition coefficient (Wildman–Crippen LogP) is 3.80. The van der Waals surface area contributed by atoms with E-state index in [2.05, 4.69) is 0 Å². The number of hydrogen-bond donors (Lipinski definition) is 2. The number of piperidine rings is 1. The summed E-state index contributed by atoms with van der Waals surface area (Å²) in [5, 5.41) is 8.62. The smallest absolute Gasteiger partial charge is 0.253 e. The molecule has 8 heteroatoms. The summed E-state index contributed by atoms with van der Waals surface area (Å²) in [5.74, 6) is 0.696. The fraction of sp³-hybridized carbons (Fsp3) is 0.321. The van der Waals surface area contributed by atoms with E-state index in [1.807, 2.05) is 70.1 Å². The van der Waals surface area contributed by atoms with Gasteiger partial charge in [-0.2, -0.15) is 0 Å². The lowest BCUT2D eigenvalue weighted by molar-refractivity contribution is -0.127. The van der Waals surface area contributed by atoms with Gasteiger partial charge in [-0.15, -0.1) is 0 Å². The van der Waals surface area contributed by atoms with Crippen LogP contribution in [0.1, 0.15) is 35.2 Å². The van der Waals surface area contributed by atoms with Crippen molar-refractivity contribution in [1.82, 2.24) is 9.47 Å². The summed E-state index contributed by atoms with van der Waals surface area (Å²) >= 11 is 0. The van der Waals surface area contributed by atoms with Crippen LogP contribution in [0.2, 0.25) is 0 Å². The predicted molar refractivity (Wildman–Crippen MR) is 141 cm³/mol. The summed E-state index contributed by atoms with van der Waals surface area (Å²) in [6.45, 7) is 1.76. The number of carbonyl (C=O) groups excluding carboxylic acids is 2. The number of methoxy groups -OCH3 is 1. The Bertz CT molecular complexity index is 1380. The third kappa shape index (κ3) is 3.82. The Morgan fingerprint density at radius 1 is 1.08 bits per heavy atom. The molecule has 1 spiro atoms. The Labute approximate surface area is 210 Å². The average molecular weight is 486 g/mol. The third-order valence-electron chi connectivity index (χ3n) is 7.80. The third-order valence-corrected chi connectivity index (χ3v) is 7.80. The fourth-order valence-electron chi connectivity index (χ4n) is 5.57. The number of allylic oxidation sites excluding steroid dienone is 1. The minimum atomic E-state index is -0.441. The van der Waals surface area contributed by atoms with Gasteiger partial charge in [-0.05, 0) is 55.7 Å². The van der Waals surface area contributed by atoms with Gasteiger partial charge >= 0.3 is 0 Å². The molecule has 0 bridgehead atoms. The number of aromatic nitrogens is 1. The number of benzene rings is 2. The van der Waals surface area contributed by atoms with E-state index in [9.17, 15) is 9.59 Å². The Balaban J connectivity index is 1.30. The van der Waals surface area contributed by atoms with Crippen molar-refractivity contribution < 1.29 is 14.3 Å². The number of amides is 2. The van der Waals surface area contributed by atoms with Crippen molar-refractivity contribution in [2.45, 2.75) is 19.3 Å². The Morgan fingerprint density at radius 2 is 1.83 bits per heavy atom. The van der Waals surface area contributed by atoms with Crippen LogP contribution in [0.5, 0.6) is 5.75 Å². The van der Waals surface area contributed by atoms with Gasteiger partial charge in [0.2, 0.25) is 5.91 Å². The SMILES string of the molecule is COc1cc(N2CCC3(CCN(C(=O)c4ccc5c(ccn5C)c4)CC3)C2=O)ccc1/C(C=N)=C/N. The van der Waals surface area contributed by atoms with E-state index in [0.717, 1.165) is 23.0 Å². The van der Waals surface area contributed by atoms with Crippen LogP contribution in [0.25, 0.3) is 16.5 Å². The monoisotopic (exact) mass is 485 g/mol. The van der Waals surface area contributed by atoms with Crippen molar-refractivity contribution in [3.05, 3.63) is 66.0 Å². The minimum Gasteiger partial charge on any atom is -0.496 e. The molecule has 2 aliphatic heterocycles. The first-order valence-corrected chi connectivity index (χ1v) is 12.2. The number of nitrogens with zero attached hydrogens (tertiary/aromatic N) is 3. The maximum absolute atomic E-state index is 13.6. The summed E-state index contributed by atoms with van der Waals surface area (Å²) in [6, 6.07) is 13.4. The number of anilines is 1. The molecule has 2 amide bonds. The zero-order valence-electron chi connectivity index (χ0n) is 20.7.